The lowest BCUT2D eigenvalue weighted by molar-refractivity contribution is -0.118. The Hall–Kier alpha value is -3.61. The van der Waals surface area contributed by atoms with Crippen LogP contribution >= 0.6 is 0 Å². The maximum Gasteiger partial charge on any atom is 0.229 e. The molecule has 0 fully saturated rings. The quantitative estimate of drug-likeness (QED) is 0.661. The van der Waals surface area contributed by atoms with Crippen molar-refractivity contribution in [3.05, 3.63) is 59.8 Å². The zero-order chi connectivity index (χ0) is 20.5. The van der Waals surface area contributed by atoms with Gasteiger partial charge in [0.25, 0.3) is 0 Å². The van der Waals surface area contributed by atoms with Gasteiger partial charge in [-0.1, -0.05) is 17.7 Å². The summed E-state index contributed by atoms with van der Waals surface area (Å²) in [5.41, 5.74) is 11.4. The lowest BCUT2D eigenvalue weighted by Gasteiger charge is -2.24. The minimum absolute atomic E-state index is 0.0410. The maximum absolute atomic E-state index is 12.5. The predicted octanol–water partition coefficient (Wildman–Crippen LogP) is 3.92. The fraction of sp³-hybridized carbons (Fsp3) is 0.227. The Morgan fingerprint density at radius 3 is 2.59 bits per heavy atom. The van der Waals surface area contributed by atoms with Gasteiger partial charge in [-0.25, -0.2) is 4.98 Å². The standard InChI is InChI=1S/C22H24N6O/c1-14-4-7-17(8-5-14)28-11-10-20(29)27(3)19-13-24-22(26-21(19)28)25-16-6-9-18(23)15(2)12-16/h4-9,12-13H,10-11,23H2,1-3H3,(H,24,25,26). The third-order valence-electron chi connectivity index (χ3n) is 5.16. The van der Waals surface area contributed by atoms with Crippen molar-refractivity contribution in [1.29, 1.82) is 0 Å². The van der Waals surface area contributed by atoms with Gasteiger partial charge >= 0.3 is 0 Å². The molecule has 7 nitrogen and oxygen atoms in total. The molecule has 1 aliphatic rings. The summed E-state index contributed by atoms with van der Waals surface area (Å²) in [7, 11) is 1.76. The van der Waals surface area contributed by atoms with Crippen LogP contribution in [0.4, 0.5) is 34.5 Å². The SMILES string of the molecule is Cc1ccc(N2CCC(=O)N(C)c3cnc(Nc4ccc(N)c(C)c4)nc32)cc1. The van der Waals surface area contributed by atoms with E-state index in [-0.39, 0.29) is 5.91 Å². The highest BCUT2D eigenvalue weighted by Gasteiger charge is 2.27. The van der Waals surface area contributed by atoms with E-state index in [1.807, 2.05) is 37.3 Å². The average Bonchev–Trinajstić information content (AvgIpc) is 2.83. The second-order valence-electron chi connectivity index (χ2n) is 7.29. The molecule has 2 aromatic carbocycles. The molecule has 0 aliphatic carbocycles. The Labute approximate surface area is 170 Å². The number of carbonyl (C=O) groups is 1. The number of hydrogen-bond donors (Lipinski definition) is 2. The van der Waals surface area contributed by atoms with Crippen LogP contribution in [0.5, 0.6) is 0 Å². The second-order valence-corrected chi connectivity index (χ2v) is 7.29. The molecule has 0 spiro atoms. The number of rotatable bonds is 3. The van der Waals surface area contributed by atoms with E-state index in [4.69, 9.17) is 10.7 Å². The van der Waals surface area contributed by atoms with Crippen molar-refractivity contribution in [2.24, 2.45) is 0 Å². The van der Waals surface area contributed by atoms with Crippen molar-refractivity contribution < 1.29 is 4.79 Å². The zero-order valence-electron chi connectivity index (χ0n) is 16.8. The van der Waals surface area contributed by atoms with Gasteiger partial charge in [0, 0.05) is 37.1 Å². The number of fused-ring (bicyclic) bond motifs is 1. The van der Waals surface area contributed by atoms with Gasteiger partial charge in [-0.05, 0) is 49.7 Å². The zero-order valence-corrected chi connectivity index (χ0v) is 16.8. The van der Waals surface area contributed by atoms with Crippen LogP contribution in [0.2, 0.25) is 0 Å². The molecule has 148 valence electrons. The van der Waals surface area contributed by atoms with Crippen molar-refractivity contribution in [2.45, 2.75) is 20.3 Å². The minimum Gasteiger partial charge on any atom is -0.399 e. The molecule has 1 aliphatic heterocycles. The summed E-state index contributed by atoms with van der Waals surface area (Å²) in [5.74, 6) is 1.21. The van der Waals surface area contributed by atoms with E-state index < -0.39 is 0 Å². The molecule has 0 radical (unpaired) electrons. The van der Waals surface area contributed by atoms with E-state index in [1.54, 1.807) is 18.1 Å². The van der Waals surface area contributed by atoms with E-state index in [2.05, 4.69) is 34.3 Å². The van der Waals surface area contributed by atoms with Crippen molar-refractivity contribution in [2.75, 3.05) is 34.4 Å². The summed E-state index contributed by atoms with van der Waals surface area (Å²) in [6.45, 7) is 4.56. The molecule has 7 heteroatoms. The summed E-state index contributed by atoms with van der Waals surface area (Å²) in [4.78, 5) is 25.4. The van der Waals surface area contributed by atoms with Crippen LogP contribution in [0.15, 0.2) is 48.7 Å². The number of nitrogens with one attached hydrogen (secondary N) is 1. The highest BCUT2D eigenvalue weighted by atomic mass is 16.2. The molecule has 29 heavy (non-hydrogen) atoms. The van der Waals surface area contributed by atoms with Crippen LogP contribution < -0.4 is 20.9 Å². The highest BCUT2D eigenvalue weighted by Crippen LogP contribution is 2.36. The minimum atomic E-state index is 0.0410. The van der Waals surface area contributed by atoms with E-state index in [1.165, 1.54) is 5.56 Å². The van der Waals surface area contributed by atoms with Crippen LogP contribution in [-0.2, 0) is 4.79 Å². The number of carbonyl (C=O) groups excluding carboxylic acids is 1. The fourth-order valence-electron chi connectivity index (χ4n) is 3.34. The van der Waals surface area contributed by atoms with E-state index in [0.29, 0.717) is 30.4 Å². The van der Waals surface area contributed by atoms with E-state index >= 15 is 0 Å². The fourth-order valence-corrected chi connectivity index (χ4v) is 3.34. The molecule has 4 rings (SSSR count). The number of nitrogens with zero attached hydrogens (tertiary/aromatic N) is 4. The van der Waals surface area contributed by atoms with Crippen molar-refractivity contribution in [3.8, 4) is 0 Å². The van der Waals surface area contributed by atoms with Gasteiger partial charge < -0.3 is 20.9 Å². The first-order valence-corrected chi connectivity index (χ1v) is 9.53. The van der Waals surface area contributed by atoms with Gasteiger partial charge in [-0.15, -0.1) is 0 Å². The third kappa shape index (κ3) is 3.71. The summed E-state index contributed by atoms with van der Waals surface area (Å²) in [5, 5.41) is 3.24. The molecule has 1 aromatic heterocycles. The number of amides is 1. The Morgan fingerprint density at radius 1 is 1.10 bits per heavy atom. The molecule has 2 heterocycles. The van der Waals surface area contributed by atoms with Gasteiger partial charge in [0.05, 0.1) is 6.20 Å². The topological polar surface area (TPSA) is 87.4 Å². The average molecular weight is 388 g/mol. The summed E-state index contributed by atoms with van der Waals surface area (Å²) in [6.07, 6.45) is 2.10. The van der Waals surface area contributed by atoms with Gasteiger partial charge in [0.1, 0.15) is 5.69 Å². The van der Waals surface area contributed by atoms with Gasteiger partial charge in [0.2, 0.25) is 11.9 Å². The van der Waals surface area contributed by atoms with Gasteiger partial charge in [0.15, 0.2) is 5.82 Å². The van der Waals surface area contributed by atoms with Crippen LogP contribution in [0, 0.1) is 13.8 Å². The molecule has 0 saturated heterocycles. The predicted molar refractivity (Wildman–Crippen MR) is 117 cm³/mol. The molecule has 0 unspecified atom stereocenters. The summed E-state index contributed by atoms with van der Waals surface area (Å²) < 4.78 is 0. The lowest BCUT2D eigenvalue weighted by atomic mass is 10.2. The van der Waals surface area contributed by atoms with E-state index in [9.17, 15) is 4.79 Å². The summed E-state index contributed by atoms with van der Waals surface area (Å²) in [6, 6.07) is 13.9. The second kappa shape index (κ2) is 7.43. The number of anilines is 6. The molecule has 0 atom stereocenters. The monoisotopic (exact) mass is 388 g/mol. The lowest BCUT2D eigenvalue weighted by Crippen LogP contribution is -2.25. The molecule has 3 aromatic rings. The van der Waals surface area contributed by atoms with Gasteiger partial charge in [-0.3, -0.25) is 4.79 Å². The van der Waals surface area contributed by atoms with Crippen LogP contribution in [0.3, 0.4) is 0 Å². The van der Waals surface area contributed by atoms with Crippen molar-refractivity contribution >= 4 is 40.4 Å². The molecule has 0 bridgehead atoms. The Kier molecular flexibility index (Phi) is 4.80. The Balaban J connectivity index is 1.75. The number of hydrogen-bond acceptors (Lipinski definition) is 6. The maximum atomic E-state index is 12.5. The van der Waals surface area contributed by atoms with Crippen LogP contribution in [0.1, 0.15) is 17.5 Å². The summed E-state index contributed by atoms with van der Waals surface area (Å²) >= 11 is 0. The molecular formula is C22H24N6O. The third-order valence-corrected chi connectivity index (χ3v) is 5.16. The Morgan fingerprint density at radius 2 is 1.86 bits per heavy atom. The smallest absolute Gasteiger partial charge is 0.229 e. The van der Waals surface area contributed by atoms with Gasteiger partial charge in [-0.2, -0.15) is 4.98 Å². The van der Waals surface area contributed by atoms with Crippen molar-refractivity contribution in [1.82, 2.24) is 9.97 Å². The molecule has 0 saturated carbocycles. The number of benzene rings is 2. The number of aromatic nitrogens is 2. The number of nitrogens with two attached hydrogens (primary N) is 1. The molecule has 1 amide bonds. The first-order valence-electron chi connectivity index (χ1n) is 9.53. The number of nitrogen functional groups attached to an aromatic ring is 1. The molecule has 3 N–H and O–H groups in total. The van der Waals surface area contributed by atoms with E-state index in [0.717, 1.165) is 22.6 Å². The van der Waals surface area contributed by atoms with Crippen LogP contribution in [0.25, 0.3) is 0 Å². The number of aryl methyl sites for hydroxylation is 2. The largest absolute Gasteiger partial charge is 0.399 e. The molecular weight excluding hydrogens is 364 g/mol. The van der Waals surface area contributed by atoms with Crippen molar-refractivity contribution in [3.63, 3.8) is 0 Å². The highest BCUT2D eigenvalue weighted by molar-refractivity contribution is 5.98. The first kappa shape index (κ1) is 18.7. The Bertz CT molecular complexity index is 1060. The van der Waals surface area contributed by atoms with Crippen LogP contribution in [-0.4, -0.2) is 29.5 Å². The first-order chi connectivity index (χ1) is 13.9. The normalized spacial score (nSPS) is 13.8.